The van der Waals surface area contributed by atoms with Crippen LogP contribution in [-0.2, 0) is 33.2 Å². The van der Waals surface area contributed by atoms with Crippen LogP contribution in [0.2, 0.25) is 0 Å². The van der Waals surface area contributed by atoms with Crippen molar-refractivity contribution >= 4 is 0 Å². The first-order chi connectivity index (χ1) is 21.3. The first kappa shape index (κ1) is 37.5. The van der Waals surface area contributed by atoms with E-state index in [4.69, 9.17) is 33.2 Å². The molecule has 0 bridgehead atoms. The zero-order valence-electron chi connectivity index (χ0n) is 30.7. The molecule has 4 saturated heterocycles. The van der Waals surface area contributed by atoms with E-state index in [9.17, 15) is 5.11 Å². The third-order valence-corrected chi connectivity index (χ3v) is 12.8. The van der Waals surface area contributed by atoms with Crippen LogP contribution in [-0.4, -0.2) is 78.9 Å². The third kappa shape index (κ3) is 7.64. The van der Waals surface area contributed by atoms with Gasteiger partial charge in [0.2, 0.25) is 0 Å². The standard InChI is InChI=1S/C37H68O8/c1-14-27-19(6)23(10)32(26(13)39-27)43-36-34(25(12)21(8)29(16-3)41-36)45-37-33(24(11)20(7)30(17-4)42-37)44-35-31(38)22(9)18(5)28(15-2)40-35/h18-38H,14-17H2,1-13H3. The minimum absolute atomic E-state index is 0.0289. The van der Waals surface area contributed by atoms with E-state index in [-0.39, 0.29) is 78.2 Å². The first-order valence-electron chi connectivity index (χ1n) is 18.5. The summed E-state index contributed by atoms with van der Waals surface area (Å²) in [5, 5.41) is 11.3. The highest BCUT2D eigenvalue weighted by atomic mass is 16.8. The van der Waals surface area contributed by atoms with Crippen molar-refractivity contribution in [2.75, 3.05) is 0 Å². The van der Waals surface area contributed by atoms with Crippen molar-refractivity contribution in [2.24, 2.45) is 47.3 Å². The number of hydrogen-bond donors (Lipinski definition) is 1. The van der Waals surface area contributed by atoms with Gasteiger partial charge in [-0.3, -0.25) is 0 Å². The monoisotopic (exact) mass is 640 g/mol. The van der Waals surface area contributed by atoms with Crippen LogP contribution in [0.4, 0.5) is 0 Å². The van der Waals surface area contributed by atoms with E-state index in [1.807, 2.05) is 0 Å². The Morgan fingerprint density at radius 3 is 1.13 bits per heavy atom. The second-order valence-corrected chi connectivity index (χ2v) is 15.3. The Labute approximate surface area is 274 Å². The zero-order valence-corrected chi connectivity index (χ0v) is 30.7. The molecule has 0 amide bonds. The van der Waals surface area contributed by atoms with Gasteiger partial charge in [0.15, 0.2) is 18.9 Å². The summed E-state index contributed by atoms with van der Waals surface area (Å²) in [7, 11) is 0. The molecule has 8 heteroatoms. The minimum Gasteiger partial charge on any atom is -0.388 e. The summed E-state index contributed by atoms with van der Waals surface area (Å²) < 4.78 is 47.1. The van der Waals surface area contributed by atoms with Crippen molar-refractivity contribution in [3.63, 3.8) is 0 Å². The Morgan fingerprint density at radius 1 is 0.400 bits per heavy atom. The van der Waals surface area contributed by atoms with Crippen LogP contribution in [0, 0.1) is 47.3 Å². The molecular formula is C37H68O8. The molecule has 20 unspecified atom stereocenters. The number of rotatable bonds is 10. The SMILES string of the molecule is CCC1OC(OC2C(OC3C(OC4C(C)OC(CC)C(C)C4C)OC(CC)C(C)C3C)OC(CC)C(C)C2C)C(O)C(C)C1C. The maximum absolute atomic E-state index is 11.3. The summed E-state index contributed by atoms with van der Waals surface area (Å²) >= 11 is 0. The van der Waals surface area contributed by atoms with E-state index in [1.54, 1.807) is 0 Å². The van der Waals surface area contributed by atoms with Crippen LogP contribution in [0.15, 0.2) is 0 Å². The Hall–Kier alpha value is -0.320. The number of ether oxygens (including phenoxy) is 7. The molecule has 264 valence electrons. The summed E-state index contributed by atoms with van der Waals surface area (Å²) in [5.74, 6) is 1.80. The molecule has 0 aromatic heterocycles. The van der Waals surface area contributed by atoms with Gasteiger partial charge < -0.3 is 38.3 Å². The average molecular weight is 641 g/mol. The fourth-order valence-electron chi connectivity index (χ4n) is 8.61. The molecule has 4 heterocycles. The lowest BCUT2D eigenvalue weighted by Crippen LogP contribution is -2.61. The maximum atomic E-state index is 11.3. The summed E-state index contributed by atoms with van der Waals surface area (Å²) in [6, 6.07) is 0. The Bertz CT molecular complexity index is 902. The molecule has 0 aromatic rings. The van der Waals surface area contributed by atoms with E-state index in [2.05, 4.69) is 90.0 Å². The minimum atomic E-state index is -0.738. The molecule has 0 saturated carbocycles. The fourth-order valence-corrected chi connectivity index (χ4v) is 8.61. The topological polar surface area (TPSA) is 84.8 Å². The highest BCUT2D eigenvalue weighted by Gasteiger charge is 2.52. The van der Waals surface area contributed by atoms with Gasteiger partial charge in [0.05, 0.1) is 36.6 Å². The van der Waals surface area contributed by atoms with Gasteiger partial charge in [-0.05, 0) is 80.0 Å². The second kappa shape index (κ2) is 15.9. The number of aliphatic hydroxyl groups is 1. The molecule has 8 nitrogen and oxygen atoms in total. The van der Waals surface area contributed by atoms with Crippen molar-refractivity contribution < 1.29 is 38.3 Å². The Morgan fingerprint density at radius 2 is 0.711 bits per heavy atom. The summed E-state index contributed by atoms with van der Waals surface area (Å²) in [4.78, 5) is 0. The van der Waals surface area contributed by atoms with Gasteiger partial charge in [-0.25, -0.2) is 0 Å². The van der Waals surface area contributed by atoms with Gasteiger partial charge in [0.25, 0.3) is 0 Å². The summed E-state index contributed by atoms with van der Waals surface area (Å²) in [6.45, 7) is 28.5. The van der Waals surface area contributed by atoms with Crippen LogP contribution in [0.5, 0.6) is 0 Å². The van der Waals surface area contributed by atoms with Gasteiger partial charge in [0.1, 0.15) is 18.3 Å². The normalized spacial score (nSPS) is 52.9. The molecule has 4 aliphatic rings. The predicted octanol–water partition coefficient (Wildman–Crippen LogP) is 7.19. The average Bonchev–Trinajstić information content (AvgIpc) is 3.03. The molecule has 0 radical (unpaired) electrons. The van der Waals surface area contributed by atoms with Gasteiger partial charge in [-0.2, -0.15) is 0 Å². The van der Waals surface area contributed by atoms with Gasteiger partial charge in [-0.1, -0.05) is 83.1 Å². The Kier molecular flexibility index (Phi) is 13.3. The quantitative estimate of drug-likeness (QED) is 0.269. The van der Waals surface area contributed by atoms with Crippen LogP contribution in [0.25, 0.3) is 0 Å². The molecule has 20 atom stereocenters. The third-order valence-electron chi connectivity index (χ3n) is 12.8. The molecule has 4 fully saturated rings. The predicted molar refractivity (Wildman–Crippen MR) is 175 cm³/mol. The van der Waals surface area contributed by atoms with E-state index in [0.29, 0.717) is 11.8 Å². The fraction of sp³-hybridized carbons (Fsp3) is 1.00. The highest BCUT2D eigenvalue weighted by Crippen LogP contribution is 2.43. The lowest BCUT2D eigenvalue weighted by Gasteiger charge is -2.52. The molecular weight excluding hydrogens is 572 g/mol. The molecule has 4 aliphatic heterocycles. The number of hydrogen-bond acceptors (Lipinski definition) is 8. The zero-order chi connectivity index (χ0) is 33.3. The molecule has 0 aliphatic carbocycles. The summed E-state index contributed by atoms with van der Waals surface area (Å²) in [6.07, 6.45) is 0.381. The van der Waals surface area contributed by atoms with Crippen LogP contribution < -0.4 is 0 Å². The van der Waals surface area contributed by atoms with Crippen molar-refractivity contribution in [3.05, 3.63) is 0 Å². The molecule has 0 spiro atoms. The van der Waals surface area contributed by atoms with Gasteiger partial charge >= 0.3 is 0 Å². The van der Waals surface area contributed by atoms with Crippen molar-refractivity contribution in [1.29, 1.82) is 0 Å². The van der Waals surface area contributed by atoms with Crippen LogP contribution in [0.1, 0.15) is 116 Å². The first-order valence-corrected chi connectivity index (χ1v) is 18.5. The van der Waals surface area contributed by atoms with E-state index in [0.717, 1.165) is 25.7 Å². The molecule has 1 N–H and O–H groups in total. The highest BCUT2D eigenvalue weighted by molar-refractivity contribution is 4.93. The smallest absolute Gasteiger partial charge is 0.185 e. The Balaban J connectivity index is 1.61. The molecule has 45 heavy (non-hydrogen) atoms. The molecule has 4 rings (SSSR count). The maximum Gasteiger partial charge on any atom is 0.185 e. The lowest BCUT2D eigenvalue weighted by molar-refractivity contribution is -0.380. The van der Waals surface area contributed by atoms with Crippen LogP contribution in [0.3, 0.4) is 0 Å². The van der Waals surface area contributed by atoms with E-state index in [1.165, 1.54) is 0 Å². The largest absolute Gasteiger partial charge is 0.388 e. The number of aliphatic hydroxyl groups excluding tert-OH is 1. The second-order valence-electron chi connectivity index (χ2n) is 15.3. The van der Waals surface area contributed by atoms with Crippen molar-refractivity contribution in [1.82, 2.24) is 0 Å². The van der Waals surface area contributed by atoms with E-state index >= 15 is 0 Å². The van der Waals surface area contributed by atoms with Crippen molar-refractivity contribution in [3.8, 4) is 0 Å². The van der Waals surface area contributed by atoms with Gasteiger partial charge in [0, 0.05) is 0 Å². The van der Waals surface area contributed by atoms with Gasteiger partial charge in [-0.15, -0.1) is 0 Å². The lowest BCUT2D eigenvalue weighted by atomic mass is 9.80. The summed E-state index contributed by atoms with van der Waals surface area (Å²) in [5.41, 5.74) is 0. The molecule has 0 aromatic carbocycles. The van der Waals surface area contributed by atoms with E-state index < -0.39 is 31.1 Å². The van der Waals surface area contributed by atoms with Crippen LogP contribution >= 0.6 is 0 Å². The van der Waals surface area contributed by atoms with Crippen molar-refractivity contribution in [2.45, 2.75) is 189 Å².